The molecular weight excluding hydrogens is 286 g/mol. The maximum absolute atomic E-state index is 12.3. The second kappa shape index (κ2) is 5.60. The number of amides is 1. The largest absolute Gasteiger partial charge is 0.382 e. The highest BCUT2D eigenvalue weighted by Crippen LogP contribution is 2.23. The number of thiophene rings is 1. The molecule has 0 unspecified atom stereocenters. The molecule has 19 heavy (non-hydrogen) atoms. The van der Waals surface area contributed by atoms with Gasteiger partial charge >= 0.3 is 0 Å². The standard InChI is InChI=1S/C12H19NO4S2/c1-12(2,8-17-4)13(3)11(14)9-6-10(18-7-9)19(5,15)16/h6-7H,8H2,1-5H3. The Bertz CT molecular complexity index is 560. The van der Waals surface area contributed by atoms with Crippen LogP contribution < -0.4 is 0 Å². The van der Waals surface area contributed by atoms with Crippen LogP contribution in [-0.4, -0.2) is 51.8 Å². The van der Waals surface area contributed by atoms with Gasteiger partial charge in [0.05, 0.1) is 17.7 Å². The van der Waals surface area contributed by atoms with Crippen LogP contribution in [0.15, 0.2) is 15.7 Å². The Balaban J connectivity index is 2.98. The van der Waals surface area contributed by atoms with Gasteiger partial charge in [0.25, 0.3) is 5.91 Å². The van der Waals surface area contributed by atoms with Crippen molar-refractivity contribution in [3.8, 4) is 0 Å². The summed E-state index contributed by atoms with van der Waals surface area (Å²) < 4.78 is 28.1. The van der Waals surface area contributed by atoms with Gasteiger partial charge in [0.1, 0.15) is 4.21 Å². The van der Waals surface area contributed by atoms with Crippen LogP contribution in [0.1, 0.15) is 24.2 Å². The third-order valence-corrected chi connectivity index (χ3v) is 5.67. The molecule has 0 spiro atoms. The fourth-order valence-corrected chi connectivity index (χ4v) is 3.33. The van der Waals surface area contributed by atoms with Gasteiger partial charge in [0, 0.05) is 25.8 Å². The molecule has 0 bridgehead atoms. The normalized spacial score (nSPS) is 12.5. The van der Waals surface area contributed by atoms with Crippen molar-refractivity contribution < 1.29 is 17.9 Å². The Morgan fingerprint density at radius 2 is 2.05 bits per heavy atom. The van der Waals surface area contributed by atoms with Gasteiger partial charge < -0.3 is 9.64 Å². The first-order valence-electron chi connectivity index (χ1n) is 5.65. The lowest BCUT2D eigenvalue weighted by atomic mass is 10.0. The summed E-state index contributed by atoms with van der Waals surface area (Å²) in [6.07, 6.45) is 1.13. The number of carbonyl (C=O) groups is 1. The zero-order valence-electron chi connectivity index (χ0n) is 11.8. The lowest BCUT2D eigenvalue weighted by Crippen LogP contribution is -2.48. The monoisotopic (exact) mass is 305 g/mol. The molecule has 0 saturated heterocycles. The smallest absolute Gasteiger partial charge is 0.255 e. The number of nitrogens with zero attached hydrogens (tertiary/aromatic N) is 1. The van der Waals surface area contributed by atoms with E-state index in [-0.39, 0.29) is 10.1 Å². The van der Waals surface area contributed by atoms with Crippen molar-refractivity contribution in [2.75, 3.05) is 27.0 Å². The highest BCUT2D eigenvalue weighted by Gasteiger charge is 2.29. The zero-order valence-corrected chi connectivity index (χ0v) is 13.4. The van der Waals surface area contributed by atoms with E-state index >= 15 is 0 Å². The van der Waals surface area contributed by atoms with Crippen molar-refractivity contribution in [2.45, 2.75) is 23.6 Å². The van der Waals surface area contributed by atoms with Crippen LogP contribution in [0, 0.1) is 0 Å². The van der Waals surface area contributed by atoms with Crippen molar-refractivity contribution >= 4 is 27.1 Å². The number of hydrogen-bond acceptors (Lipinski definition) is 5. The minimum absolute atomic E-state index is 0.203. The topological polar surface area (TPSA) is 63.7 Å². The molecule has 1 rings (SSSR count). The highest BCUT2D eigenvalue weighted by atomic mass is 32.2. The summed E-state index contributed by atoms with van der Waals surface area (Å²) in [4.78, 5) is 13.8. The van der Waals surface area contributed by atoms with Gasteiger partial charge in [-0.25, -0.2) is 8.42 Å². The van der Waals surface area contributed by atoms with E-state index in [1.54, 1.807) is 24.4 Å². The molecule has 1 aromatic rings. The summed E-state index contributed by atoms with van der Waals surface area (Å²) in [7, 11) is -0.00830. The molecule has 1 heterocycles. The molecule has 1 amide bonds. The molecule has 0 aliphatic carbocycles. The van der Waals surface area contributed by atoms with Gasteiger partial charge in [0.15, 0.2) is 9.84 Å². The van der Waals surface area contributed by atoms with Gasteiger partial charge in [-0.2, -0.15) is 0 Å². The molecule has 108 valence electrons. The van der Waals surface area contributed by atoms with E-state index in [0.717, 1.165) is 17.6 Å². The van der Waals surface area contributed by atoms with E-state index < -0.39 is 15.4 Å². The molecule has 0 radical (unpaired) electrons. The first kappa shape index (κ1) is 16.1. The summed E-state index contributed by atoms with van der Waals surface area (Å²) >= 11 is 1.06. The van der Waals surface area contributed by atoms with Crippen LogP contribution in [0.3, 0.4) is 0 Å². The molecule has 1 aromatic heterocycles. The Labute approximate surface area is 118 Å². The molecule has 7 heteroatoms. The zero-order chi connectivity index (χ0) is 14.8. The summed E-state index contributed by atoms with van der Waals surface area (Å²) in [5, 5.41) is 1.57. The van der Waals surface area contributed by atoms with E-state index in [0.29, 0.717) is 12.2 Å². The fourth-order valence-electron chi connectivity index (χ4n) is 1.54. The summed E-state index contributed by atoms with van der Waals surface area (Å²) in [5.74, 6) is -0.215. The first-order valence-corrected chi connectivity index (χ1v) is 8.42. The first-order chi connectivity index (χ1) is 8.59. The lowest BCUT2D eigenvalue weighted by Gasteiger charge is -2.34. The SMILES string of the molecule is COCC(C)(C)N(C)C(=O)c1csc(S(C)(=O)=O)c1. The third-order valence-electron chi connectivity index (χ3n) is 2.90. The molecule has 0 aliphatic rings. The minimum atomic E-state index is -3.26. The van der Waals surface area contributed by atoms with Crippen LogP contribution in [0.2, 0.25) is 0 Å². The van der Waals surface area contributed by atoms with Crippen molar-refractivity contribution in [1.29, 1.82) is 0 Å². The minimum Gasteiger partial charge on any atom is -0.382 e. The molecule has 0 atom stereocenters. The number of ether oxygens (including phenoxy) is 1. The average Bonchev–Trinajstić information content (AvgIpc) is 2.75. The van der Waals surface area contributed by atoms with E-state index in [1.165, 1.54) is 6.07 Å². The van der Waals surface area contributed by atoms with Crippen LogP contribution in [0.5, 0.6) is 0 Å². The maximum atomic E-state index is 12.3. The second-order valence-electron chi connectivity index (χ2n) is 5.04. The summed E-state index contributed by atoms with van der Waals surface area (Å²) in [6.45, 7) is 4.18. The number of methoxy groups -OCH3 is 1. The van der Waals surface area contributed by atoms with Crippen LogP contribution in [-0.2, 0) is 14.6 Å². The van der Waals surface area contributed by atoms with Gasteiger partial charge in [-0.1, -0.05) is 0 Å². The number of rotatable bonds is 5. The predicted octanol–water partition coefficient (Wildman–Crippen LogP) is 1.65. The maximum Gasteiger partial charge on any atom is 0.255 e. The van der Waals surface area contributed by atoms with Crippen LogP contribution in [0.4, 0.5) is 0 Å². The van der Waals surface area contributed by atoms with E-state index in [9.17, 15) is 13.2 Å². The Hall–Kier alpha value is -0.920. The lowest BCUT2D eigenvalue weighted by molar-refractivity contribution is 0.0367. The molecule has 0 aliphatic heterocycles. The predicted molar refractivity (Wildman–Crippen MR) is 75.5 cm³/mol. The second-order valence-corrected chi connectivity index (χ2v) is 8.19. The van der Waals surface area contributed by atoms with E-state index in [1.807, 2.05) is 13.8 Å². The highest BCUT2D eigenvalue weighted by molar-refractivity contribution is 7.92. The van der Waals surface area contributed by atoms with Gasteiger partial charge in [-0.15, -0.1) is 11.3 Å². The van der Waals surface area contributed by atoms with Crippen molar-refractivity contribution in [2.24, 2.45) is 0 Å². The average molecular weight is 305 g/mol. The summed E-state index contributed by atoms with van der Waals surface area (Å²) in [5.41, 5.74) is -0.0731. The summed E-state index contributed by atoms with van der Waals surface area (Å²) in [6, 6.07) is 1.42. The van der Waals surface area contributed by atoms with Crippen molar-refractivity contribution in [1.82, 2.24) is 4.90 Å². The van der Waals surface area contributed by atoms with Gasteiger partial charge in [-0.3, -0.25) is 4.79 Å². The number of likely N-dealkylation sites (N-methyl/N-ethyl adjacent to an activating group) is 1. The van der Waals surface area contributed by atoms with Gasteiger partial charge in [0.2, 0.25) is 0 Å². The molecular formula is C12H19NO4S2. The quantitative estimate of drug-likeness (QED) is 0.830. The Morgan fingerprint density at radius 1 is 1.47 bits per heavy atom. The van der Waals surface area contributed by atoms with Crippen molar-refractivity contribution in [3.63, 3.8) is 0 Å². The Morgan fingerprint density at radius 3 is 2.47 bits per heavy atom. The Kier molecular flexibility index (Phi) is 4.76. The fraction of sp³-hybridized carbons (Fsp3) is 0.583. The number of carbonyl (C=O) groups excluding carboxylic acids is 1. The molecule has 0 aromatic carbocycles. The van der Waals surface area contributed by atoms with E-state index in [4.69, 9.17) is 4.74 Å². The molecule has 0 saturated carbocycles. The number of sulfone groups is 1. The molecule has 0 N–H and O–H groups in total. The number of hydrogen-bond donors (Lipinski definition) is 0. The third kappa shape index (κ3) is 3.77. The van der Waals surface area contributed by atoms with Crippen LogP contribution in [0.25, 0.3) is 0 Å². The van der Waals surface area contributed by atoms with Crippen LogP contribution >= 0.6 is 11.3 Å². The van der Waals surface area contributed by atoms with Crippen molar-refractivity contribution in [3.05, 3.63) is 17.0 Å². The van der Waals surface area contributed by atoms with E-state index in [2.05, 4.69) is 0 Å². The molecule has 0 fully saturated rings. The van der Waals surface area contributed by atoms with Gasteiger partial charge in [-0.05, 0) is 19.9 Å². The molecule has 5 nitrogen and oxygen atoms in total.